The number of amides is 2. The minimum Gasteiger partial charge on any atom is -0.354 e. The Bertz CT molecular complexity index is 688. The average molecular weight is 359 g/mol. The van der Waals surface area contributed by atoms with Crippen molar-refractivity contribution in [3.63, 3.8) is 0 Å². The first-order chi connectivity index (χ1) is 12.6. The summed E-state index contributed by atoms with van der Waals surface area (Å²) in [7, 11) is 0. The first-order valence-electron chi connectivity index (χ1n) is 9.90. The molecule has 4 saturated carbocycles. The molecule has 1 aromatic rings. The summed E-state index contributed by atoms with van der Waals surface area (Å²) in [6.07, 6.45) is 6.99. The van der Waals surface area contributed by atoms with Gasteiger partial charge in [0.2, 0.25) is 5.95 Å². The van der Waals surface area contributed by atoms with Gasteiger partial charge >= 0.3 is 6.03 Å². The highest BCUT2D eigenvalue weighted by atomic mass is 16.2. The Hall–Kier alpha value is -2.05. The fourth-order valence-electron chi connectivity index (χ4n) is 5.66. The van der Waals surface area contributed by atoms with Crippen LogP contribution in [0.5, 0.6) is 0 Å². The van der Waals surface area contributed by atoms with Crippen molar-refractivity contribution in [2.45, 2.75) is 39.0 Å². The van der Waals surface area contributed by atoms with Gasteiger partial charge in [0.05, 0.1) is 0 Å². The Morgan fingerprint density at radius 2 is 1.81 bits per heavy atom. The minimum atomic E-state index is -0.179. The smallest absolute Gasteiger partial charge is 0.314 e. The third-order valence-electron chi connectivity index (χ3n) is 6.49. The van der Waals surface area contributed by atoms with Crippen molar-refractivity contribution in [3.05, 3.63) is 22.1 Å². The minimum absolute atomic E-state index is 0.105. The summed E-state index contributed by atoms with van der Waals surface area (Å²) in [5.74, 6) is 4.71. The SMILES string of the molecule is Cc1cc(=O)[nH]c(NCCNC(=O)NCC2C3CC4CC(C3)CC2C4)n1. The van der Waals surface area contributed by atoms with Crippen LogP contribution in [0.2, 0.25) is 0 Å². The van der Waals surface area contributed by atoms with Crippen LogP contribution in [0.1, 0.15) is 37.8 Å². The van der Waals surface area contributed by atoms with Crippen molar-refractivity contribution in [2.75, 3.05) is 25.0 Å². The highest BCUT2D eigenvalue weighted by molar-refractivity contribution is 5.73. The summed E-state index contributed by atoms with van der Waals surface area (Å²) in [5, 5.41) is 8.97. The molecule has 0 unspecified atom stereocenters. The van der Waals surface area contributed by atoms with E-state index in [9.17, 15) is 9.59 Å². The number of carbonyl (C=O) groups is 1. The van der Waals surface area contributed by atoms with Crippen LogP contribution in [-0.2, 0) is 0 Å². The summed E-state index contributed by atoms with van der Waals surface area (Å²) < 4.78 is 0. The molecule has 0 radical (unpaired) electrons. The van der Waals surface area contributed by atoms with E-state index >= 15 is 0 Å². The van der Waals surface area contributed by atoms with Gasteiger partial charge in [-0.2, -0.15) is 0 Å². The molecule has 1 heterocycles. The molecule has 1 aromatic heterocycles. The van der Waals surface area contributed by atoms with Crippen LogP contribution in [-0.4, -0.2) is 35.6 Å². The summed E-state index contributed by atoms with van der Waals surface area (Å²) >= 11 is 0. The van der Waals surface area contributed by atoms with Gasteiger partial charge in [-0.05, 0) is 68.6 Å². The van der Waals surface area contributed by atoms with Crippen molar-refractivity contribution in [3.8, 4) is 0 Å². The zero-order valence-corrected chi connectivity index (χ0v) is 15.4. The Balaban J connectivity index is 1.16. The highest BCUT2D eigenvalue weighted by Crippen LogP contribution is 2.56. The van der Waals surface area contributed by atoms with Crippen LogP contribution in [0.4, 0.5) is 10.7 Å². The Labute approximate surface area is 153 Å². The number of nitrogens with zero attached hydrogens (tertiary/aromatic N) is 1. The molecule has 7 nitrogen and oxygen atoms in total. The topological polar surface area (TPSA) is 98.9 Å². The van der Waals surface area contributed by atoms with Crippen molar-refractivity contribution in [2.24, 2.45) is 29.6 Å². The number of aryl methyl sites for hydroxylation is 1. The van der Waals surface area contributed by atoms with E-state index in [1.165, 1.54) is 38.2 Å². The molecule has 7 heteroatoms. The lowest BCUT2D eigenvalue weighted by molar-refractivity contribution is -0.0343. The van der Waals surface area contributed by atoms with E-state index in [2.05, 4.69) is 25.9 Å². The Morgan fingerprint density at radius 1 is 1.12 bits per heavy atom. The Kier molecular flexibility index (Phi) is 4.87. The summed E-state index contributed by atoms with van der Waals surface area (Å²) in [6.45, 7) is 3.57. The van der Waals surface area contributed by atoms with Gasteiger partial charge < -0.3 is 16.0 Å². The third kappa shape index (κ3) is 3.86. The zero-order chi connectivity index (χ0) is 18.1. The molecule has 0 spiro atoms. The number of nitrogens with one attached hydrogen (secondary N) is 4. The monoisotopic (exact) mass is 359 g/mol. The second-order valence-corrected chi connectivity index (χ2v) is 8.39. The predicted octanol–water partition coefficient (Wildman–Crippen LogP) is 1.86. The van der Waals surface area contributed by atoms with Crippen LogP contribution in [0.3, 0.4) is 0 Å². The van der Waals surface area contributed by atoms with Gasteiger partial charge in [-0.25, -0.2) is 9.78 Å². The quantitative estimate of drug-likeness (QED) is 0.583. The van der Waals surface area contributed by atoms with E-state index in [0.717, 1.165) is 30.2 Å². The number of aromatic nitrogens is 2. The molecule has 0 saturated heterocycles. The number of aromatic amines is 1. The zero-order valence-electron chi connectivity index (χ0n) is 15.4. The maximum absolute atomic E-state index is 12.1. The van der Waals surface area contributed by atoms with E-state index in [4.69, 9.17) is 0 Å². The molecule has 0 aromatic carbocycles. The second-order valence-electron chi connectivity index (χ2n) is 8.39. The van der Waals surface area contributed by atoms with Gasteiger partial charge in [0.15, 0.2) is 0 Å². The maximum atomic E-state index is 12.1. The van der Waals surface area contributed by atoms with Crippen LogP contribution >= 0.6 is 0 Å². The molecule has 4 aliphatic rings. The molecule has 26 heavy (non-hydrogen) atoms. The van der Waals surface area contributed by atoms with Crippen LogP contribution in [0.15, 0.2) is 10.9 Å². The van der Waals surface area contributed by atoms with Crippen molar-refractivity contribution < 1.29 is 4.79 Å². The first kappa shape index (κ1) is 17.4. The molecule has 0 aliphatic heterocycles. The van der Waals surface area contributed by atoms with Gasteiger partial charge in [0.1, 0.15) is 0 Å². The molecule has 5 rings (SSSR count). The molecule has 4 bridgehead atoms. The van der Waals surface area contributed by atoms with Gasteiger partial charge in [-0.3, -0.25) is 9.78 Å². The first-order valence-corrected chi connectivity index (χ1v) is 9.90. The molecular weight excluding hydrogens is 330 g/mol. The fraction of sp³-hybridized carbons (Fsp3) is 0.737. The normalized spacial score (nSPS) is 31.7. The molecule has 2 amide bonds. The van der Waals surface area contributed by atoms with Crippen molar-refractivity contribution >= 4 is 12.0 Å². The van der Waals surface area contributed by atoms with E-state index < -0.39 is 0 Å². The summed E-state index contributed by atoms with van der Waals surface area (Å²) in [4.78, 5) is 30.3. The van der Waals surface area contributed by atoms with Gasteiger partial charge in [-0.15, -0.1) is 0 Å². The lowest BCUT2D eigenvalue weighted by atomic mass is 9.52. The molecule has 4 fully saturated rings. The largest absolute Gasteiger partial charge is 0.354 e. The number of H-pyrrole nitrogens is 1. The molecule has 4 N–H and O–H groups in total. The maximum Gasteiger partial charge on any atom is 0.314 e. The second kappa shape index (κ2) is 7.29. The van der Waals surface area contributed by atoms with E-state index in [1.807, 2.05) is 0 Å². The summed E-state index contributed by atoms with van der Waals surface area (Å²) in [5.41, 5.74) is 0.485. The molecule has 4 aliphatic carbocycles. The number of rotatable bonds is 6. The third-order valence-corrected chi connectivity index (χ3v) is 6.49. The predicted molar refractivity (Wildman–Crippen MR) is 100 cm³/mol. The number of carbonyl (C=O) groups excluding carboxylic acids is 1. The lowest BCUT2D eigenvalue weighted by Crippen LogP contribution is -2.50. The van der Waals surface area contributed by atoms with Gasteiger partial charge in [0.25, 0.3) is 5.56 Å². The molecule has 142 valence electrons. The van der Waals surface area contributed by atoms with Crippen LogP contribution in [0, 0.1) is 36.5 Å². The van der Waals surface area contributed by atoms with E-state index in [0.29, 0.717) is 30.6 Å². The number of anilines is 1. The highest BCUT2D eigenvalue weighted by Gasteiger charge is 2.47. The number of hydrogen-bond donors (Lipinski definition) is 4. The molecule has 0 atom stereocenters. The summed E-state index contributed by atoms with van der Waals surface area (Å²) in [6, 6.07) is 1.34. The fourth-order valence-corrected chi connectivity index (χ4v) is 5.66. The number of hydrogen-bond acceptors (Lipinski definition) is 4. The number of urea groups is 1. The Morgan fingerprint density at radius 3 is 2.46 bits per heavy atom. The van der Waals surface area contributed by atoms with E-state index in [1.54, 1.807) is 6.92 Å². The van der Waals surface area contributed by atoms with Crippen molar-refractivity contribution in [1.82, 2.24) is 20.6 Å². The van der Waals surface area contributed by atoms with Crippen LogP contribution in [0.25, 0.3) is 0 Å². The van der Waals surface area contributed by atoms with Gasteiger partial charge in [0, 0.05) is 31.4 Å². The van der Waals surface area contributed by atoms with Crippen molar-refractivity contribution in [1.29, 1.82) is 0 Å². The molecular formula is C19H29N5O2. The van der Waals surface area contributed by atoms with E-state index in [-0.39, 0.29) is 11.6 Å². The standard InChI is InChI=1S/C19H29N5O2/c1-11-4-17(25)24-18(23-11)20-2-3-21-19(26)22-10-16-14-6-12-5-13(8-14)9-15(16)7-12/h4,12-16H,2-3,5-10H2,1H3,(H2,21,22,26)(H2,20,23,24,25). The van der Waals surface area contributed by atoms with Crippen LogP contribution < -0.4 is 21.5 Å². The average Bonchev–Trinajstić information content (AvgIpc) is 2.56. The van der Waals surface area contributed by atoms with Gasteiger partial charge in [-0.1, -0.05) is 0 Å². The lowest BCUT2D eigenvalue weighted by Gasteiger charge is -2.54.